The zero-order valence-corrected chi connectivity index (χ0v) is 10.3. The Morgan fingerprint density at radius 3 is 2.47 bits per heavy atom. The van der Waals surface area contributed by atoms with Crippen molar-refractivity contribution in [3.63, 3.8) is 0 Å². The molecule has 2 N–H and O–H groups in total. The van der Waals surface area contributed by atoms with Gasteiger partial charge in [0.15, 0.2) is 0 Å². The fourth-order valence-corrected chi connectivity index (χ4v) is 2.32. The molecule has 0 aliphatic heterocycles. The maximum Gasteiger partial charge on any atom is 0.292 e. The van der Waals surface area contributed by atoms with Crippen LogP contribution in [0.1, 0.15) is 0 Å². The van der Waals surface area contributed by atoms with Crippen molar-refractivity contribution in [2.45, 2.75) is 9.79 Å². The Hall–Kier alpha value is -2.15. The molecule has 0 aliphatic carbocycles. The highest BCUT2D eigenvalue weighted by atomic mass is 32.2. The van der Waals surface area contributed by atoms with Crippen molar-refractivity contribution in [1.29, 1.82) is 0 Å². The summed E-state index contributed by atoms with van der Waals surface area (Å²) in [5.41, 5.74) is 5.32. The van der Waals surface area contributed by atoms with E-state index >= 15 is 0 Å². The van der Waals surface area contributed by atoms with Gasteiger partial charge in [-0.2, -0.15) is 0 Å². The van der Waals surface area contributed by atoms with Crippen molar-refractivity contribution in [1.82, 2.24) is 0 Å². The lowest BCUT2D eigenvalue weighted by atomic mass is 10.3. The summed E-state index contributed by atoms with van der Waals surface area (Å²) in [4.78, 5) is 10.8. The Morgan fingerprint density at radius 1 is 1.16 bits per heavy atom. The molecule has 0 amide bonds. The smallest absolute Gasteiger partial charge is 0.292 e. The zero-order valence-electron chi connectivity index (χ0n) is 9.47. The lowest BCUT2D eigenvalue weighted by molar-refractivity contribution is -0.383. The fraction of sp³-hybridized carbons (Fsp3) is 0. The van der Waals surface area contributed by atoms with Gasteiger partial charge in [0.2, 0.25) is 0 Å². The molecular formula is C12H8F2N2O2S. The van der Waals surface area contributed by atoms with Gasteiger partial charge in [0.1, 0.15) is 17.3 Å². The van der Waals surface area contributed by atoms with Gasteiger partial charge in [0.25, 0.3) is 5.69 Å². The largest absolute Gasteiger partial charge is 0.393 e. The normalized spacial score (nSPS) is 10.4. The van der Waals surface area contributed by atoms with Gasteiger partial charge in [-0.05, 0) is 24.3 Å². The van der Waals surface area contributed by atoms with Gasteiger partial charge < -0.3 is 5.73 Å². The van der Waals surface area contributed by atoms with Gasteiger partial charge in [-0.1, -0.05) is 11.8 Å². The number of benzene rings is 2. The minimum atomic E-state index is -0.693. The molecule has 0 atom stereocenters. The predicted octanol–water partition coefficient (Wildman–Crippen LogP) is 3.61. The average Bonchev–Trinajstić information content (AvgIpc) is 2.32. The molecule has 19 heavy (non-hydrogen) atoms. The van der Waals surface area contributed by atoms with Crippen LogP contribution in [0.5, 0.6) is 0 Å². The highest BCUT2D eigenvalue weighted by Gasteiger charge is 2.12. The lowest BCUT2D eigenvalue weighted by Crippen LogP contribution is -1.95. The van der Waals surface area contributed by atoms with E-state index in [0.717, 1.165) is 23.9 Å². The number of hydrogen-bond acceptors (Lipinski definition) is 4. The van der Waals surface area contributed by atoms with E-state index in [4.69, 9.17) is 5.73 Å². The van der Waals surface area contributed by atoms with Crippen LogP contribution < -0.4 is 5.73 Å². The van der Waals surface area contributed by atoms with E-state index in [9.17, 15) is 18.9 Å². The van der Waals surface area contributed by atoms with E-state index in [0.29, 0.717) is 4.90 Å². The van der Waals surface area contributed by atoms with Crippen LogP contribution >= 0.6 is 11.8 Å². The van der Waals surface area contributed by atoms with Crippen molar-refractivity contribution < 1.29 is 13.7 Å². The third kappa shape index (κ3) is 3.00. The van der Waals surface area contributed by atoms with E-state index in [1.165, 1.54) is 24.3 Å². The molecule has 0 fully saturated rings. The Morgan fingerprint density at radius 2 is 1.89 bits per heavy atom. The van der Waals surface area contributed by atoms with Gasteiger partial charge in [-0.15, -0.1) is 0 Å². The second-order valence-electron chi connectivity index (χ2n) is 3.65. The SMILES string of the molecule is Nc1cc(Sc2ccc(F)cc2F)ccc1[N+](=O)[O-]. The van der Waals surface area contributed by atoms with Crippen molar-refractivity contribution in [2.75, 3.05) is 5.73 Å². The predicted molar refractivity (Wildman–Crippen MR) is 68.0 cm³/mol. The van der Waals surface area contributed by atoms with Gasteiger partial charge in [-0.3, -0.25) is 10.1 Å². The second kappa shape index (κ2) is 5.23. The number of nitrogen functional groups attached to an aromatic ring is 1. The second-order valence-corrected chi connectivity index (χ2v) is 4.77. The van der Waals surface area contributed by atoms with Crippen LogP contribution in [-0.2, 0) is 0 Å². The molecule has 0 spiro atoms. The molecule has 7 heteroatoms. The minimum Gasteiger partial charge on any atom is -0.393 e. The highest BCUT2D eigenvalue weighted by Crippen LogP contribution is 2.33. The lowest BCUT2D eigenvalue weighted by Gasteiger charge is -2.04. The molecule has 0 aliphatic rings. The topological polar surface area (TPSA) is 69.2 Å². The van der Waals surface area contributed by atoms with Crippen LogP contribution in [0, 0.1) is 21.7 Å². The number of nitro benzene ring substituents is 1. The third-order valence-corrected chi connectivity index (χ3v) is 3.36. The first kappa shape index (κ1) is 13.3. The monoisotopic (exact) mass is 282 g/mol. The van der Waals surface area contributed by atoms with E-state index in [-0.39, 0.29) is 16.3 Å². The van der Waals surface area contributed by atoms with E-state index < -0.39 is 16.6 Å². The summed E-state index contributed by atoms with van der Waals surface area (Å²) >= 11 is 1.01. The van der Waals surface area contributed by atoms with Crippen LogP contribution in [-0.4, -0.2) is 4.92 Å². The first-order chi connectivity index (χ1) is 8.97. The number of nitrogens with zero attached hydrogens (tertiary/aromatic N) is 1. The number of halogens is 2. The van der Waals surface area contributed by atoms with Gasteiger partial charge >= 0.3 is 0 Å². The third-order valence-electron chi connectivity index (χ3n) is 2.32. The number of rotatable bonds is 3. The number of nitro groups is 1. The standard InChI is InChI=1S/C12H8F2N2O2S/c13-7-1-4-12(9(14)5-7)19-8-2-3-11(16(17)18)10(15)6-8/h1-6H,15H2. The summed E-state index contributed by atoms with van der Waals surface area (Å²) < 4.78 is 26.2. The van der Waals surface area contributed by atoms with Crippen LogP contribution in [0.25, 0.3) is 0 Å². The molecule has 0 aromatic heterocycles. The number of anilines is 1. The number of nitrogens with two attached hydrogens (primary N) is 1. The van der Waals surface area contributed by atoms with Crippen molar-refractivity contribution in [3.8, 4) is 0 Å². The summed E-state index contributed by atoms with van der Waals surface area (Å²) in [6, 6.07) is 7.30. The Labute approximate surface area is 111 Å². The molecule has 0 radical (unpaired) electrons. The fourth-order valence-electron chi connectivity index (χ4n) is 1.45. The van der Waals surface area contributed by atoms with Crippen molar-refractivity contribution in [3.05, 3.63) is 58.1 Å². The molecule has 0 saturated carbocycles. The Bertz CT molecular complexity index is 650. The van der Waals surface area contributed by atoms with E-state index in [1.807, 2.05) is 0 Å². The first-order valence-corrected chi connectivity index (χ1v) is 5.96. The first-order valence-electron chi connectivity index (χ1n) is 5.14. The maximum atomic E-state index is 13.4. The molecule has 98 valence electrons. The summed E-state index contributed by atoms with van der Waals surface area (Å²) in [6.07, 6.45) is 0. The Balaban J connectivity index is 2.29. The van der Waals surface area contributed by atoms with Gasteiger partial charge in [0.05, 0.1) is 4.92 Å². The molecule has 0 unspecified atom stereocenters. The molecule has 0 bridgehead atoms. The molecule has 2 aromatic rings. The molecular weight excluding hydrogens is 274 g/mol. The van der Waals surface area contributed by atoms with Gasteiger partial charge in [0, 0.05) is 21.9 Å². The average molecular weight is 282 g/mol. The molecule has 4 nitrogen and oxygen atoms in total. The van der Waals surface area contributed by atoms with Crippen LogP contribution in [0.3, 0.4) is 0 Å². The molecule has 2 rings (SSSR count). The van der Waals surface area contributed by atoms with Crippen LogP contribution in [0.15, 0.2) is 46.2 Å². The molecule has 2 aromatic carbocycles. The van der Waals surface area contributed by atoms with Crippen LogP contribution in [0.2, 0.25) is 0 Å². The summed E-state index contributed by atoms with van der Waals surface area (Å²) in [5, 5.41) is 10.6. The van der Waals surface area contributed by atoms with Crippen molar-refractivity contribution >= 4 is 23.1 Å². The molecule has 0 heterocycles. The highest BCUT2D eigenvalue weighted by molar-refractivity contribution is 7.99. The maximum absolute atomic E-state index is 13.4. The quantitative estimate of drug-likeness (QED) is 0.530. The zero-order chi connectivity index (χ0) is 14.0. The van der Waals surface area contributed by atoms with E-state index in [2.05, 4.69) is 0 Å². The summed E-state index contributed by atoms with van der Waals surface area (Å²) in [7, 11) is 0. The molecule has 0 saturated heterocycles. The van der Waals surface area contributed by atoms with Gasteiger partial charge in [-0.25, -0.2) is 8.78 Å². The van der Waals surface area contributed by atoms with Crippen molar-refractivity contribution in [2.24, 2.45) is 0 Å². The van der Waals surface area contributed by atoms with Crippen LogP contribution in [0.4, 0.5) is 20.2 Å². The Kier molecular flexibility index (Phi) is 3.66. The van der Waals surface area contributed by atoms with E-state index in [1.54, 1.807) is 0 Å². The number of hydrogen-bond donors (Lipinski definition) is 1. The summed E-state index contributed by atoms with van der Waals surface area (Å²) in [6.45, 7) is 0. The summed E-state index contributed by atoms with van der Waals surface area (Å²) in [5.74, 6) is -1.35. The minimum absolute atomic E-state index is 0.00230.